The second-order valence-electron chi connectivity index (χ2n) is 4.54. The maximum absolute atomic E-state index is 10.4. The van der Waals surface area contributed by atoms with Crippen LogP contribution in [0.5, 0.6) is 5.75 Å². The molecule has 0 saturated carbocycles. The molecule has 0 radical (unpaired) electrons. The molecule has 2 rings (SSSR count). The molecule has 1 aliphatic rings. The number of carboxylic acids is 1. The van der Waals surface area contributed by atoms with Crippen molar-refractivity contribution in [1.29, 1.82) is 0 Å². The number of rotatable bonds is 5. The Bertz CT molecular complexity index is 430. The minimum absolute atomic E-state index is 0.195. The molecule has 1 aromatic carbocycles. The van der Waals surface area contributed by atoms with E-state index in [-0.39, 0.29) is 6.10 Å². The molecule has 0 bridgehead atoms. The minimum atomic E-state index is -0.949. The third-order valence-electron chi connectivity index (χ3n) is 3.01. The summed E-state index contributed by atoms with van der Waals surface area (Å²) in [5, 5.41) is 8.53. The zero-order valence-corrected chi connectivity index (χ0v) is 10.7. The summed E-state index contributed by atoms with van der Waals surface area (Å²) in [5.41, 5.74) is 0.837. The van der Waals surface area contributed by atoms with Crippen molar-refractivity contribution >= 4 is 12.0 Å². The highest BCUT2D eigenvalue weighted by molar-refractivity contribution is 5.85. The summed E-state index contributed by atoms with van der Waals surface area (Å²) in [5.74, 6) is -0.170. The first-order chi connectivity index (χ1) is 9.24. The molecule has 1 unspecified atom stereocenters. The predicted molar refractivity (Wildman–Crippen MR) is 72.2 cm³/mol. The fourth-order valence-electron chi connectivity index (χ4n) is 1.97. The predicted octanol–water partition coefficient (Wildman–Crippen LogP) is 2.73. The van der Waals surface area contributed by atoms with E-state index in [4.69, 9.17) is 14.6 Å². The summed E-state index contributed by atoms with van der Waals surface area (Å²) >= 11 is 0. The second kappa shape index (κ2) is 6.95. The summed E-state index contributed by atoms with van der Waals surface area (Å²) in [4.78, 5) is 10.4. The lowest BCUT2D eigenvalue weighted by Gasteiger charge is -2.22. The first-order valence-electron chi connectivity index (χ1n) is 6.49. The van der Waals surface area contributed by atoms with Gasteiger partial charge >= 0.3 is 5.97 Å². The zero-order valence-electron chi connectivity index (χ0n) is 10.7. The van der Waals surface area contributed by atoms with Gasteiger partial charge in [-0.25, -0.2) is 4.79 Å². The third-order valence-corrected chi connectivity index (χ3v) is 3.01. The van der Waals surface area contributed by atoms with Gasteiger partial charge in [0, 0.05) is 12.7 Å². The zero-order chi connectivity index (χ0) is 13.5. The van der Waals surface area contributed by atoms with Crippen LogP contribution in [0, 0.1) is 0 Å². The number of hydrogen-bond donors (Lipinski definition) is 1. The summed E-state index contributed by atoms with van der Waals surface area (Å²) in [6.07, 6.45) is 6.26. The van der Waals surface area contributed by atoms with E-state index in [9.17, 15) is 4.79 Å². The maximum Gasteiger partial charge on any atom is 0.328 e. The molecule has 1 N–H and O–H groups in total. The van der Waals surface area contributed by atoms with Crippen LogP contribution in [0.4, 0.5) is 0 Å². The molecular weight excluding hydrogens is 244 g/mol. The van der Waals surface area contributed by atoms with E-state index in [0.717, 1.165) is 36.8 Å². The lowest BCUT2D eigenvalue weighted by molar-refractivity contribution is -0.131. The van der Waals surface area contributed by atoms with Gasteiger partial charge in [-0.2, -0.15) is 0 Å². The highest BCUT2D eigenvalue weighted by Crippen LogP contribution is 2.17. The Hall–Kier alpha value is -1.81. The Kier molecular flexibility index (Phi) is 4.98. The van der Waals surface area contributed by atoms with Crippen molar-refractivity contribution in [1.82, 2.24) is 0 Å². The Morgan fingerprint density at radius 3 is 2.79 bits per heavy atom. The third kappa shape index (κ3) is 4.75. The van der Waals surface area contributed by atoms with Gasteiger partial charge in [0.15, 0.2) is 0 Å². The second-order valence-corrected chi connectivity index (χ2v) is 4.54. The number of ether oxygens (including phenoxy) is 2. The fourth-order valence-corrected chi connectivity index (χ4v) is 1.97. The van der Waals surface area contributed by atoms with Gasteiger partial charge in [-0.3, -0.25) is 0 Å². The van der Waals surface area contributed by atoms with Gasteiger partial charge in [0.1, 0.15) is 12.4 Å². The summed E-state index contributed by atoms with van der Waals surface area (Å²) in [7, 11) is 0. The Balaban J connectivity index is 1.82. The van der Waals surface area contributed by atoms with Crippen molar-refractivity contribution in [2.75, 3.05) is 13.2 Å². The first kappa shape index (κ1) is 13.6. The smallest absolute Gasteiger partial charge is 0.328 e. The van der Waals surface area contributed by atoms with Gasteiger partial charge in [-0.05, 0) is 43.0 Å². The van der Waals surface area contributed by atoms with E-state index < -0.39 is 5.97 Å². The molecular formula is C15H18O4. The van der Waals surface area contributed by atoms with Gasteiger partial charge in [0.25, 0.3) is 0 Å². The van der Waals surface area contributed by atoms with Gasteiger partial charge < -0.3 is 14.6 Å². The molecule has 1 aromatic rings. The molecule has 0 aliphatic carbocycles. The highest BCUT2D eigenvalue weighted by atomic mass is 16.5. The molecule has 0 amide bonds. The summed E-state index contributed by atoms with van der Waals surface area (Å²) in [6.45, 7) is 1.40. The summed E-state index contributed by atoms with van der Waals surface area (Å²) in [6, 6.07) is 7.34. The van der Waals surface area contributed by atoms with E-state index in [1.54, 1.807) is 6.08 Å². The molecule has 19 heavy (non-hydrogen) atoms. The Morgan fingerprint density at radius 1 is 1.37 bits per heavy atom. The molecule has 0 spiro atoms. The quantitative estimate of drug-likeness (QED) is 0.829. The lowest BCUT2D eigenvalue weighted by atomic mass is 10.1. The van der Waals surface area contributed by atoms with Crippen LogP contribution in [0.15, 0.2) is 30.3 Å². The van der Waals surface area contributed by atoms with Crippen LogP contribution in [-0.4, -0.2) is 30.4 Å². The van der Waals surface area contributed by atoms with Crippen molar-refractivity contribution in [3.63, 3.8) is 0 Å². The number of carboxylic acid groups (broad SMARTS) is 1. The van der Waals surface area contributed by atoms with Crippen LogP contribution < -0.4 is 4.74 Å². The van der Waals surface area contributed by atoms with Crippen LogP contribution in [0.3, 0.4) is 0 Å². The number of carbonyl (C=O) groups is 1. The normalized spacial score (nSPS) is 19.5. The molecule has 1 fully saturated rings. The largest absolute Gasteiger partial charge is 0.491 e. The van der Waals surface area contributed by atoms with Crippen LogP contribution in [-0.2, 0) is 9.53 Å². The molecule has 1 atom stereocenters. The van der Waals surface area contributed by atoms with Crippen molar-refractivity contribution in [3.8, 4) is 5.75 Å². The first-order valence-corrected chi connectivity index (χ1v) is 6.49. The topological polar surface area (TPSA) is 55.8 Å². The molecule has 4 heteroatoms. The molecule has 1 aliphatic heterocycles. The number of benzene rings is 1. The van der Waals surface area contributed by atoms with E-state index in [2.05, 4.69) is 0 Å². The van der Waals surface area contributed by atoms with Crippen molar-refractivity contribution in [3.05, 3.63) is 35.9 Å². The Morgan fingerprint density at radius 2 is 2.16 bits per heavy atom. The average Bonchev–Trinajstić information content (AvgIpc) is 2.45. The average molecular weight is 262 g/mol. The van der Waals surface area contributed by atoms with Crippen LogP contribution in [0.1, 0.15) is 24.8 Å². The van der Waals surface area contributed by atoms with Crippen molar-refractivity contribution in [2.24, 2.45) is 0 Å². The standard InChI is InChI=1S/C15H18O4/c16-15(17)9-6-12-4-7-13(8-5-12)19-11-14-3-1-2-10-18-14/h4-9,14H,1-3,10-11H2,(H,16,17)/b9-6+. The Labute approximate surface area is 112 Å². The van der Waals surface area contributed by atoms with E-state index >= 15 is 0 Å². The molecule has 1 saturated heterocycles. The number of hydrogen-bond acceptors (Lipinski definition) is 3. The summed E-state index contributed by atoms with van der Waals surface area (Å²) < 4.78 is 11.2. The highest BCUT2D eigenvalue weighted by Gasteiger charge is 2.14. The maximum atomic E-state index is 10.4. The molecule has 1 heterocycles. The van der Waals surface area contributed by atoms with Gasteiger partial charge in [0.05, 0.1) is 6.10 Å². The minimum Gasteiger partial charge on any atom is -0.491 e. The van der Waals surface area contributed by atoms with Crippen LogP contribution in [0.25, 0.3) is 6.08 Å². The van der Waals surface area contributed by atoms with E-state index in [1.807, 2.05) is 24.3 Å². The van der Waals surface area contributed by atoms with Crippen LogP contribution in [0.2, 0.25) is 0 Å². The van der Waals surface area contributed by atoms with Crippen LogP contribution >= 0.6 is 0 Å². The van der Waals surface area contributed by atoms with Gasteiger partial charge in [-0.1, -0.05) is 12.1 Å². The SMILES string of the molecule is O=C(O)/C=C/c1ccc(OCC2CCCCO2)cc1. The molecule has 0 aromatic heterocycles. The van der Waals surface area contributed by atoms with Crippen molar-refractivity contribution in [2.45, 2.75) is 25.4 Å². The fraction of sp³-hybridized carbons (Fsp3) is 0.400. The lowest BCUT2D eigenvalue weighted by Crippen LogP contribution is -2.25. The van der Waals surface area contributed by atoms with Gasteiger partial charge in [-0.15, -0.1) is 0 Å². The van der Waals surface area contributed by atoms with E-state index in [1.165, 1.54) is 6.42 Å². The number of aliphatic carboxylic acids is 1. The monoisotopic (exact) mass is 262 g/mol. The van der Waals surface area contributed by atoms with E-state index in [0.29, 0.717) is 6.61 Å². The molecule has 102 valence electrons. The van der Waals surface area contributed by atoms with Gasteiger partial charge in [0.2, 0.25) is 0 Å². The van der Waals surface area contributed by atoms with Crippen molar-refractivity contribution < 1.29 is 19.4 Å². The molecule has 4 nitrogen and oxygen atoms in total.